The highest BCUT2D eigenvalue weighted by atomic mass is 79.9. The third kappa shape index (κ3) is 1.42. The van der Waals surface area contributed by atoms with Crippen LogP contribution in [0.4, 0.5) is 0 Å². The molecular formula is C10H7BrN4O. The summed E-state index contributed by atoms with van der Waals surface area (Å²) in [6, 6.07) is 3.81. The van der Waals surface area contributed by atoms with E-state index in [1.54, 1.807) is 6.33 Å². The second-order valence-electron chi connectivity index (χ2n) is 3.48. The van der Waals surface area contributed by atoms with E-state index >= 15 is 0 Å². The van der Waals surface area contributed by atoms with Gasteiger partial charge in [-0.05, 0) is 29.4 Å². The van der Waals surface area contributed by atoms with Gasteiger partial charge in [0.25, 0.3) is 0 Å². The topological polar surface area (TPSA) is 56.7 Å². The zero-order chi connectivity index (χ0) is 11.1. The van der Waals surface area contributed by atoms with Gasteiger partial charge in [0.1, 0.15) is 5.52 Å². The highest BCUT2D eigenvalue weighted by molar-refractivity contribution is 9.10. The Hall–Kier alpha value is -1.69. The van der Waals surface area contributed by atoms with E-state index in [4.69, 9.17) is 4.63 Å². The summed E-state index contributed by atoms with van der Waals surface area (Å²) < 4.78 is 7.56. The first kappa shape index (κ1) is 9.53. The van der Waals surface area contributed by atoms with E-state index in [9.17, 15) is 0 Å². The summed E-state index contributed by atoms with van der Waals surface area (Å²) in [6.45, 7) is 1.94. The summed E-state index contributed by atoms with van der Waals surface area (Å²) >= 11 is 3.43. The molecule has 0 unspecified atom stereocenters. The van der Waals surface area contributed by atoms with Crippen molar-refractivity contribution in [3.63, 3.8) is 0 Å². The van der Waals surface area contributed by atoms with Crippen LogP contribution < -0.4 is 0 Å². The molecule has 2 heterocycles. The Morgan fingerprint density at radius 3 is 2.94 bits per heavy atom. The first-order chi connectivity index (χ1) is 7.74. The lowest BCUT2D eigenvalue weighted by Gasteiger charge is -2.02. The molecule has 80 valence electrons. The van der Waals surface area contributed by atoms with Crippen LogP contribution >= 0.6 is 15.9 Å². The van der Waals surface area contributed by atoms with Gasteiger partial charge in [0.15, 0.2) is 5.52 Å². The average molecular weight is 279 g/mol. The van der Waals surface area contributed by atoms with E-state index in [0.29, 0.717) is 0 Å². The van der Waals surface area contributed by atoms with Crippen molar-refractivity contribution < 1.29 is 4.63 Å². The van der Waals surface area contributed by atoms with Gasteiger partial charge in [0.05, 0.1) is 17.7 Å². The van der Waals surface area contributed by atoms with Gasteiger partial charge in [-0.2, -0.15) is 0 Å². The lowest BCUT2D eigenvalue weighted by molar-refractivity contribution is 0.315. The maximum absolute atomic E-state index is 4.73. The number of hydrogen-bond acceptors (Lipinski definition) is 4. The third-order valence-corrected chi connectivity index (χ3v) is 2.75. The van der Waals surface area contributed by atoms with E-state index < -0.39 is 0 Å². The van der Waals surface area contributed by atoms with Crippen LogP contribution in [0.1, 0.15) is 5.69 Å². The summed E-state index contributed by atoms with van der Waals surface area (Å²) in [5, 5.41) is 7.71. The Balaban J connectivity index is 2.33. The van der Waals surface area contributed by atoms with Gasteiger partial charge in [0.2, 0.25) is 0 Å². The second kappa shape index (κ2) is 3.41. The summed E-state index contributed by atoms with van der Waals surface area (Å²) in [5.41, 5.74) is 3.28. The number of hydrogen-bond donors (Lipinski definition) is 0. The second-order valence-corrected chi connectivity index (χ2v) is 4.39. The molecule has 0 saturated heterocycles. The standard InChI is InChI=1S/C10H7BrN4O/c1-6-4-15(5-12-6)9-3-7(11)2-8-10(9)14-16-13-8/h2-5H,1H3. The van der Waals surface area contributed by atoms with Crippen molar-refractivity contribution in [3.05, 3.63) is 34.8 Å². The number of nitrogens with zero attached hydrogens (tertiary/aromatic N) is 4. The van der Waals surface area contributed by atoms with Crippen LogP contribution in [0.15, 0.2) is 33.8 Å². The summed E-state index contributed by atoms with van der Waals surface area (Å²) in [7, 11) is 0. The summed E-state index contributed by atoms with van der Waals surface area (Å²) in [4.78, 5) is 4.18. The number of aromatic nitrogens is 4. The van der Waals surface area contributed by atoms with E-state index in [2.05, 4.69) is 31.2 Å². The van der Waals surface area contributed by atoms with Crippen LogP contribution in [0.3, 0.4) is 0 Å². The average Bonchev–Trinajstić information content (AvgIpc) is 2.84. The molecule has 3 rings (SSSR count). The molecule has 0 aliphatic carbocycles. The van der Waals surface area contributed by atoms with Crippen molar-refractivity contribution in [2.24, 2.45) is 0 Å². The molecule has 0 atom stereocenters. The van der Waals surface area contributed by atoms with Gasteiger partial charge in [-0.25, -0.2) is 9.61 Å². The number of benzene rings is 1. The van der Waals surface area contributed by atoms with Gasteiger partial charge in [-0.3, -0.25) is 0 Å². The lowest BCUT2D eigenvalue weighted by atomic mass is 10.2. The number of aryl methyl sites for hydroxylation is 1. The van der Waals surface area contributed by atoms with Crippen LogP contribution in [0.2, 0.25) is 0 Å². The number of fused-ring (bicyclic) bond motifs is 1. The molecule has 2 aromatic heterocycles. The molecular weight excluding hydrogens is 272 g/mol. The fourth-order valence-electron chi connectivity index (χ4n) is 1.59. The van der Waals surface area contributed by atoms with E-state index in [0.717, 1.165) is 26.9 Å². The Morgan fingerprint density at radius 2 is 2.19 bits per heavy atom. The van der Waals surface area contributed by atoms with Crippen molar-refractivity contribution in [2.75, 3.05) is 0 Å². The Bertz CT molecular complexity index is 658. The van der Waals surface area contributed by atoms with Crippen LogP contribution in [0.5, 0.6) is 0 Å². The number of halogens is 1. The predicted octanol–water partition coefficient (Wildman–Crippen LogP) is 2.48. The molecule has 6 heteroatoms. The van der Waals surface area contributed by atoms with Gasteiger partial charge in [0, 0.05) is 10.7 Å². The molecule has 0 radical (unpaired) electrons. The largest absolute Gasteiger partial charge is 0.304 e. The molecule has 0 aliphatic heterocycles. The van der Waals surface area contributed by atoms with Gasteiger partial charge in [-0.15, -0.1) is 0 Å². The van der Waals surface area contributed by atoms with Crippen LogP contribution in [-0.2, 0) is 0 Å². The molecule has 0 aliphatic rings. The smallest absolute Gasteiger partial charge is 0.159 e. The SMILES string of the molecule is Cc1cn(-c2cc(Br)cc3nonc23)cn1. The molecule has 0 N–H and O–H groups in total. The fourth-order valence-corrected chi connectivity index (χ4v) is 2.02. The minimum Gasteiger partial charge on any atom is -0.304 e. The Kier molecular flexibility index (Phi) is 2.03. The number of imidazole rings is 1. The molecule has 3 aromatic rings. The quantitative estimate of drug-likeness (QED) is 0.686. The van der Waals surface area contributed by atoms with E-state index in [-0.39, 0.29) is 0 Å². The van der Waals surface area contributed by atoms with Gasteiger partial charge >= 0.3 is 0 Å². The van der Waals surface area contributed by atoms with Crippen molar-refractivity contribution in [3.8, 4) is 5.69 Å². The van der Waals surface area contributed by atoms with Crippen LogP contribution in [0.25, 0.3) is 16.7 Å². The fraction of sp³-hybridized carbons (Fsp3) is 0.100. The molecule has 5 nitrogen and oxygen atoms in total. The number of rotatable bonds is 1. The minimum atomic E-state index is 0.718. The zero-order valence-corrected chi connectivity index (χ0v) is 9.97. The zero-order valence-electron chi connectivity index (χ0n) is 8.38. The molecule has 0 fully saturated rings. The van der Waals surface area contributed by atoms with Crippen LogP contribution in [0, 0.1) is 6.92 Å². The van der Waals surface area contributed by atoms with Crippen molar-refractivity contribution >= 4 is 27.0 Å². The maximum atomic E-state index is 4.73. The first-order valence-electron chi connectivity index (χ1n) is 4.67. The normalized spacial score (nSPS) is 11.1. The highest BCUT2D eigenvalue weighted by Gasteiger charge is 2.10. The molecule has 0 amide bonds. The summed E-state index contributed by atoms with van der Waals surface area (Å²) in [5.74, 6) is 0. The van der Waals surface area contributed by atoms with Crippen molar-refractivity contribution in [1.29, 1.82) is 0 Å². The highest BCUT2D eigenvalue weighted by Crippen LogP contribution is 2.24. The molecule has 1 aromatic carbocycles. The van der Waals surface area contributed by atoms with Crippen molar-refractivity contribution in [2.45, 2.75) is 6.92 Å². The van der Waals surface area contributed by atoms with Crippen molar-refractivity contribution in [1.82, 2.24) is 19.9 Å². The van der Waals surface area contributed by atoms with E-state index in [1.807, 2.05) is 29.8 Å². The lowest BCUT2D eigenvalue weighted by Crippen LogP contribution is -1.91. The summed E-state index contributed by atoms with van der Waals surface area (Å²) in [6.07, 6.45) is 3.67. The molecule has 0 saturated carbocycles. The van der Waals surface area contributed by atoms with Gasteiger partial charge < -0.3 is 4.57 Å². The monoisotopic (exact) mass is 278 g/mol. The van der Waals surface area contributed by atoms with Gasteiger partial charge in [-0.1, -0.05) is 15.9 Å². The Labute approximate surface area is 99.2 Å². The Morgan fingerprint density at radius 1 is 1.31 bits per heavy atom. The molecule has 16 heavy (non-hydrogen) atoms. The van der Waals surface area contributed by atoms with Crippen LogP contribution in [-0.4, -0.2) is 19.9 Å². The maximum Gasteiger partial charge on any atom is 0.159 e. The molecule has 0 spiro atoms. The predicted molar refractivity (Wildman–Crippen MR) is 61.4 cm³/mol. The molecule has 0 bridgehead atoms. The minimum absolute atomic E-state index is 0.718. The van der Waals surface area contributed by atoms with E-state index in [1.165, 1.54) is 0 Å². The third-order valence-electron chi connectivity index (χ3n) is 2.30. The first-order valence-corrected chi connectivity index (χ1v) is 5.46.